The summed E-state index contributed by atoms with van der Waals surface area (Å²) in [4.78, 5) is 0. The molecule has 0 unspecified atom stereocenters. The van der Waals surface area contributed by atoms with Crippen LogP contribution in [0, 0.1) is 0 Å². The second kappa shape index (κ2) is 5.39. The zero-order chi connectivity index (χ0) is 16.0. The van der Waals surface area contributed by atoms with Crippen LogP contribution in [-0.2, 0) is 0 Å². The summed E-state index contributed by atoms with van der Waals surface area (Å²) >= 11 is 0. The number of rotatable bonds is 2. The maximum Gasteiger partial charge on any atom is 0.247 e. The molecule has 0 saturated heterocycles. The lowest BCUT2D eigenvalue weighted by molar-refractivity contribution is -0.691. The number of hydrogen-bond acceptors (Lipinski definition) is 0. The van der Waals surface area contributed by atoms with E-state index in [2.05, 4.69) is 94.9 Å². The minimum absolute atomic E-state index is 0.268. The lowest BCUT2D eigenvalue weighted by Gasteiger charge is -2.37. The van der Waals surface area contributed by atoms with E-state index < -0.39 is 0 Å². The molecule has 0 fully saturated rings. The van der Waals surface area contributed by atoms with Gasteiger partial charge >= 0.3 is 0 Å². The summed E-state index contributed by atoms with van der Waals surface area (Å²) in [7, 11) is -0.346. The summed E-state index contributed by atoms with van der Waals surface area (Å²) in [6.45, 7) is 18.8. The molecule has 0 spiro atoms. The summed E-state index contributed by atoms with van der Waals surface area (Å²) in [6, 6.07) is 9.28. The molecular weight excluding hydrogens is 275 g/mol. The van der Waals surface area contributed by atoms with Gasteiger partial charge in [0.25, 0.3) is 0 Å². The van der Waals surface area contributed by atoms with Gasteiger partial charge in [-0.15, -0.1) is 0 Å². The standard InChI is InChI=1S/C18H30N2P/c1-14(2)19-13-20(16-12-10-9-11-15(16)19)21(17(3,4)5)18(6,7)8/h9-14H,1-8H3/q+1. The third-order valence-corrected chi connectivity index (χ3v) is 6.97. The van der Waals surface area contributed by atoms with Crippen molar-refractivity contribution in [2.75, 3.05) is 0 Å². The van der Waals surface area contributed by atoms with Gasteiger partial charge in [-0.05, 0) is 26.0 Å². The second-order valence-electron chi connectivity index (χ2n) is 8.10. The molecule has 1 aromatic carbocycles. The number of para-hydroxylation sites is 2. The van der Waals surface area contributed by atoms with Gasteiger partial charge in [0.1, 0.15) is 8.07 Å². The molecule has 0 radical (unpaired) electrons. The van der Waals surface area contributed by atoms with Crippen LogP contribution in [0.4, 0.5) is 0 Å². The highest BCUT2D eigenvalue weighted by Gasteiger charge is 2.42. The minimum atomic E-state index is -0.346. The summed E-state index contributed by atoms with van der Waals surface area (Å²) in [5.74, 6) is 0. The van der Waals surface area contributed by atoms with Crippen molar-refractivity contribution >= 4 is 19.1 Å². The Hall–Kier alpha value is -0.880. The van der Waals surface area contributed by atoms with Crippen molar-refractivity contribution < 1.29 is 4.57 Å². The van der Waals surface area contributed by atoms with E-state index >= 15 is 0 Å². The quantitative estimate of drug-likeness (QED) is 0.522. The van der Waals surface area contributed by atoms with Crippen molar-refractivity contribution in [1.82, 2.24) is 4.34 Å². The minimum Gasteiger partial charge on any atom is -0.228 e. The van der Waals surface area contributed by atoms with Crippen LogP contribution in [0.3, 0.4) is 0 Å². The highest BCUT2D eigenvalue weighted by Crippen LogP contribution is 2.60. The molecule has 0 atom stereocenters. The Kier molecular flexibility index (Phi) is 4.23. The highest BCUT2D eigenvalue weighted by molar-refractivity contribution is 7.59. The van der Waals surface area contributed by atoms with Crippen LogP contribution in [0.15, 0.2) is 30.6 Å². The molecule has 0 bridgehead atoms. The molecule has 1 aromatic heterocycles. The Bertz CT molecular complexity index is 613. The van der Waals surface area contributed by atoms with Gasteiger partial charge in [0, 0.05) is 10.3 Å². The third-order valence-electron chi connectivity index (χ3n) is 3.68. The van der Waals surface area contributed by atoms with Crippen molar-refractivity contribution in [3.8, 4) is 0 Å². The Balaban J connectivity index is 2.75. The highest BCUT2D eigenvalue weighted by atomic mass is 31.1. The van der Waals surface area contributed by atoms with Crippen molar-refractivity contribution in [3.63, 3.8) is 0 Å². The second-order valence-corrected chi connectivity index (χ2v) is 11.8. The average molecular weight is 305 g/mol. The number of nitrogens with zero attached hydrogens (tertiary/aromatic N) is 2. The zero-order valence-electron chi connectivity index (χ0n) is 14.8. The zero-order valence-corrected chi connectivity index (χ0v) is 15.7. The molecular formula is C18H30N2P+. The van der Waals surface area contributed by atoms with E-state index in [1.165, 1.54) is 11.0 Å². The monoisotopic (exact) mass is 305 g/mol. The van der Waals surface area contributed by atoms with Crippen LogP contribution in [0.2, 0.25) is 0 Å². The predicted molar refractivity (Wildman–Crippen MR) is 94.3 cm³/mol. The molecule has 3 heteroatoms. The van der Waals surface area contributed by atoms with E-state index in [0.717, 1.165) is 0 Å². The molecule has 2 rings (SSSR count). The summed E-state index contributed by atoms with van der Waals surface area (Å²) in [6.07, 6.45) is 2.34. The summed E-state index contributed by atoms with van der Waals surface area (Å²) in [5.41, 5.74) is 2.70. The smallest absolute Gasteiger partial charge is 0.228 e. The van der Waals surface area contributed by atoms with E-state index in [1.807, 2.05) is 0 Å². The molecule has 0 saturated carbocycles. The Morgan fingerprint density at radius 3 is 1.95 bits per heavy atom. The lowest BCUT2D eigenvalue weighted by Crippen LogP contribution is -2.35. The fourth-order valence-electron chi connectivity index (χ4n) is 3.34. The van der Waals surface area contributed by atoms with E-state index in [-0.39, 0.29) is 18.4 Å². The van der Waals surface area contributed by atoms with E-state index in [4.69, 9.17) is 0 Å². The van der Waals surface area contributed by atoms with Crippen molar-refractivity contribution in [1.29, 1.82) is 0 Å². The van der Waals surface area contributed by atoms with E-state index in [1.54, 1.807) is 0 Å². The molecule has 2 nitrogen and oxygen atoms in total. The van der Waals surface area contributed by atoms with Gasteiger partial charge in [-0.25, -0.2) is 8.90 Å². The van der Waals surface area contributed by atoms with Crippen LogP contribution in [-0.4, -0.2) is 14.6 Å². The normalized spacial score (nSPS) is 13.6. The molecule has 0 N–H and O–H groups in total. The molecule has 21 heavy (non-hydrogen) atoms. The van der Waals surface area contributed by atoms with Gasteiger partial charge < -0.3 is 0 Å². The van der Waals surface area contributed by atoms with Gasteiger partial charge in [0.15, 0.2) is 11.0 Å². The van der Waals surface area contributed by atoms with Crippen LogP contribution in [0.25, 0.3) is 11.0 Å². The number of fused-ring (bicyclic) bond motifs is 1. The van der Waals surface area contributed by atoms with Gasteiger partial charge in [-0.1, -0.05) is 53.7 Å². The largest absolute Gasteiger partial charge is 0.247 e. The molecule has 0 aliphatic rings. The SMILES string of the molecule is CC(C)[n+]1cn(P(C(C)(C)C)C(C)(C)C)c2ccccc21. The third kappa shape index (κ3) is 3.16. The number of aromatic nitrogens is 2. The molecule has 0 aliphatic carbocycles. The van der Waals surface area contributed by atoms with Crippen LogP contribution < -0.4 is 4.57 Å². The fourth-order valence-corrected chi connectivity index (χ4v) is 7.25. The fraction of sp³-hybridized carbons (Fsp3) is 0.611. The summed E-state index contributed by atoms with van der Waals surface area (Å²) in [5, 5.41) is 0.536. The van der Waals surface area contributed by atoms with Crippen molar-refractivity contribution in [3.05, 3.63) is 30.6 Å². The van der Waals surface area contributed by atoms with Crippen molar-refractivity contribution in [2.45, 2.75) is 71.7 Å². The van der Waals surface area contributed by atoms with Gasteiger partial charge in [0.05, 0.1) is 6.04 Å². The molecule has 1 heterocycles. The van der Waals surface area contributed by atoms with Gasteiger partial charge in [0.2, 0.25) is 6.33 Å². The first kappa shape index (κ1) is 16.5. The Morgan fingerprint density at radius 2 is 1.48 bits per heavy atom. The first-order valence-corrected chi connectivity index (χ1v) is 9.15. The van der Waals surface area contributed by atoms with Crippen molar-refractivity contribution in [2.24, 2.45) is 0 Å². The number of imidazole rings is 1. The molecule has 0 aliphatic heterocycles. The first-order valence-electron chi connectivity index (χ1n) is 7.85. The number of hydrogen-bond donors (Lipinski definition) is 0. The lowest BCUT2D eigenvalue weighted by atomic mass is 10.2. The average Bonchev–Trinajstić information content (AvgIpc) is 2.65. The number of benzene rings is 1. The van der Waals surface area contributed by atoms with Crippen LogP contribution in [0.1, 0.15) is 61.4 Å². The molecule has 116 valence electrons. The Labute approximate surface area is 131 Å². The molecule has 0 amide bonds. The van der Waals surface area contributed by atoms with Gasteiger partial charge in [-0.2, -0.15) is 0 Å². The van der Waals surface area contributed by atoms with E-state index in [9.17, 15) is 0 Å². The van der Waals surface area contributed by atoms with Gasteiger partial charge in [-0.3, -0.25) is 0 Å². The summed E-state index contributed by atoms with van der Waals surface area (Å²) < 4.78 is 4.97. The van der Waals surface area contributed by atoms with Crippen LogP contribution in [0.5, 0.6) is 0 Å². The predicted octanol–water partition coefficient (Wildman–Crippen LogP) is 5.35. The molecule has 2 aromatic rings. The maximum absolute atomic E-state index is 2.56. The topological polar surface area (TPSA) is 8.81 Å². The van der Waals surface area contributed by atoms with E-state index in [0.29, 0.717) is 6.04 Å². The van der Waals surface area contributed by atoms with Crippen LogP contribution >= 0.6 is 8.07 Å². The first-order chi connectivity index (χ1) is 9.53. The maximum atomic E-state index is 2.56. The Morgan fingerprint density at radius 1 is 0.952 bits per heavy atom.